The zero-order valence-electron chi connectivity index (χ0n) is 9.95. The van der Waals surface area contributed by atoms with Crippen LogP contribution in [0.4, 0.5) is 10.1 Å². The Bertz CT molecular complexity index is 640. The predicted octanol–water partition coefficient (Wildman–Crippen LogP) is 1.98. The molecule has 1 atom stereocenters. The van der Waals surface area contributed by atoms with Crippen LogP contribution in [0.15, 0.2) is 24.4 Å². The highest BCUT2D eigenvalue weighted by atomic mass is 19.1. The Morgan fingerprint density at radius 1 is 1.63 bits per heavy atom. The van der Waals surface area contributed by atoms with Crippen molar-refractivity contribution in [2.75, 3.05) is 6.61 Å². The topological polar surface area (TPSA) is 87.3 Å². The molecule has 0 bridgehead atoms. The van der Waals surface area contributed by atoms with E-state index in [2.05, 4.69) is 9.84 Å². The second kappa shape index (κ2) is 5.01. The number of hydrogen-bond acceptors (Lipinski definition) is 5. The van der Waals surface area contributed by atoms with Crippen molar-refractivity contribution in [2.45, 2.75) is 13.2 Å². The number of ether oxygens (including phenoxy) is 1. The minimum atomic E-state index is -2.13. The average molecular weight is 267 g/mol. The number of hydrogen-bond donors (Lipinski definition) is 0. The molecule has 0 N–H and O–H groups in total. The molecule has 1 aromatic heterocycles. The molecule has 1 unspecified atom stereocenters. The quantitative estimate of drug-likeness (QED) is 0.480. The van der Waals surface area contributed by atoms with Gasteiger partial charge in [-0.15, -0.1) is 0 Å². The molecule has 0 saturated heterocycles. The maximum Gasteiger partial charge on any atom is 0.363 e. The summed E-state index contributed by atoms with van der Waals surface area (Å²) in [5.41, 5.74) is -0.0416. The molecule has 2 rings (SSSR count). The number of carbonyl (C=O) groups excluding carboxylic acids is 1. The number of benzene rings is 1. The van der Waals surface area contributed by atoms with E-state index in [0.717, 1.165) is 10.7 Å². The van der Waals surface area contributed by atoms with Crippen LogP contribution in [0.1, 0.15) is 13.2 Å². The summed E-state index contributed by atoms with van der Waals surface area (Å²) in [5, 5.41) is 14.9. The van der Waals surface area contributed by atoms with Gasteiger partial charge in [0.15, 0.2) is 0 Å². The minimum absolute atomic E-state index is 0.0403. The molecular weight excluding hydrogens is 257 g/mol. The molecule has 7 nitrogen and oxygen atoms in total. The predicted molar refractivity (Wildman–Crippen MR) is 63.2 cm³/mol. The Kier molecular flexibility index (Phi) is 3.41. The standard InChI is InChI=1S/C11H10FN3O4/c1-2-19-11(16)10(12)14-9-5-8(15(17)18)4-3-7(9)6-13-14/h3-6,10H,2H2,1H3. The highest BCUT2D eigenvalue weighted by Crippen LogP contribution is 2.24. The summed E-state index contributed by atoms with van der Waals surface area (Å²) >= 11 is 0. The summed E-state index contributed by atoms with van der Waals surface area (Å²) in [4.78, 5) is 21.4. The summed E-state index contributed by atoms with van der Waals surface area (Å²) < 4.78 is 19.2. The van der Waals surface area contributed by atoms with Gasteiger partial charge in [-0.05, 0) is 13.0 Å². The molecule has 8 heteroatoms. The molecule has 1 aromatic carbocycles. The number of rotatable bonds is 4. The van der Waals surface area contributed by atoms with Gasteiger partial charge in [-0.2, -0.15) is 5.10 Å². The fraction of sp³-hybridized carbons (Fsp3) is 0.273. The lowest BCUT2D eigenvalue weighted by Crippen LogP contribution is -2.18. The van der Waals surface area contributed by atoms with E-state index in [0.29, 0.717) is 5.39 Å². The van der Waals surface area contributed by atoms with Crippen molar-refractivity contribution in [1.82, 2.24) is 9.78 Å². The number of aromatic nitrogens is 2. The summed E-state index contributed by atoms with van der Waals surface area (Å²) in [6, 6.07) is 3.88. The molecule has 0 aliphatic carbocycles. The van der Waals surface area contributed by atoms with Crippen LogP contribution >= 0.6 is 0 Å². The second-order valence-electron chi connectivity index (χ2n) is 3.68. The van der Waals surface area contributed by atoms with E-state index in [-0.39, 0.29) is 17.8 Å². The van der Waals surface area contributed by atoms with Crippen molar-refractivity contribution in [1.29, 1.82) is 0 Å². The molecular formula is C11H10FN3O4. The van der Waals surface area contributed by atoms with Gasteiger partial charge in [0.1, 0.15) is 0 Å². The van der Waals surface area contributed by atoms with Crippen LogP contribution in [0.3, 0.4) is 0 Å². The fourth-order valence-electron chi connectivity index (χ4n) is 1.63. The molecule has 100 valence electrons. The number of carbonyl (C=O) groups is 1. The zero-order chi connectivity index (χ0) is 14.0. The van der Waals surface area contributed by atoms with Crippen LogP contribution in [0.25, 0.3) is 10.9 Å². The van der Waals surface area contributed by atoms with Crippen LogP contribution in [0, 0.1) is 10.1 Å². The highest BCUT2D eigenvalue weighted by Gasteiger charge is 2.24. The van der Waals surface area contributed by atoms with E-state index < -0.39 is 17.2 Å². The minimum Gasteiger partial charge on any atom is -0.462 e. The van der Waals surface area contributed by atoms with Crippen molar-refractivity contribution in [3.8, 4) is 0 Å². The number of halogens is 1. The number of esters is 1. The van der Waals surface area contributed by atoms with E-state index in [1.54, 1.807) is 6.92 Å². The molecule has 0 spiro atoms. The maximum atomic E-state index is 13.9. The SMILES string of the molecule is CCOC(=O)C(F)n1ncc2ccc([N+](=O)[O-])cc21. The smallest absolute Gasteiger partial charge is 0.363 e. The van der Waals surface area contributed by atoms with E-state index in [9.17, 15) is 19.3 Å². The van der Waals surface area contributed by atoms with Crippen LogP contribution < -0.4 is 0 Å². The lowest BCUT2D eigenvalue weighted by molar-refractivity contribution is -0.384. The van der Waals surface area contributed by atoms with Crippen molar-refractivity contribution in [2.24, 2.45) is 0 Å². The summed E-state index contributed by atoms with van der Waals surface area (Å²) in [7, 11) is 0. The lowest BCUT2D eigenvalue weighted by Gasteiger charge is -2.08. The third-order valence-corrected chi connectivity index (χ3v) is 2.49. The van der Waals surface area contributed by atoms with Gasteiger partial charge >= 0.3 is 5.97 Å². The molecule has 19 heavy (non-hydrogen) atoms. The number of nitro benzene ring substituents is 1. The van der Waals surface area contributed by atoms with Crippen molar-refractivity contribution in [3.63, 3.8) is 0 Å². The molecule has 0 fully saturated rings. The second-order valence-corrected chi connectivity index (χ2v) is 3.68. The Hall–Kier alpha value is -2.51. The first-order chi connectivity index (χ1) is 9.04. The Balaban J connectivity index is 2.46. The van der Waals surface area contributed by atoms with Gasteiger partial charge in [0.2, 0.25) is 0 Å². The Morgan fingerprint density at radius 3 is 3.00 bits per heavy atom. The fourth-order valence-corrected chi connectivity index (χ4v) is 1.63. The first-order valence-electron chi connectivity index (χ1n) is 5.47. The molecule has 0 amide bonds. The van der Waals surface area contributed by atoms with E-state index in [1.165, 1.54) is 18.3 Å². The first-order valence-corrected chi connectivity index (χ1v) is 5.47. The zero-order valence-corrected chi connectivity index (χ0v) is 9.95. The summed E-state index contributed by atoms with van der Waals surface area (Å²) in [5.74, 6) is -1.08. The molecule has 0 radical (unpaired) electrons. The molecule has 0 saturated carbocycles. The molecule has 0 aliphatic rings. The average Bonchev–Trinajstić information content (AvgIpc) is 2.80. The van der Waals surface area contributed by atoms with Crippen LogP contribution in [0.2, 0.25) is 0 Å². The van der Waals surface area contributed by atoms with Gasteiger partial charge < -0.3 is 4.74 Å². The lowest BCUT2D eigenvalue weighted by atomic mass is 10.2. The summed E-state index contributed by atoms with van der Waals surface area (Å²) in [6.45, 7) is 1.59. The largest absolute Gasteiger partial charge is 0.462 e. The van der Waals surface area contributed by atoms with Crippen molar-refractivity contribution >= 4 is 22.6 Å². The molecule has 0 aliphatic heterocycles. The number of nitrogens with zero attached hydrogens (tertiary/aromatic N) is 3. The summed E-state index contributed by atoms with van der Waals surface area (Å²) in [6.07, 6.45) is -0.801. The van der Waals surface area contributed by atoms with Gasteiger partial charge in [-0.1, -0.05) is 0 Å². The third kappa shape index (κ3) is 2.37. The van der Waals surface area contributed by atoms with Gasteiger partial charge in [0.25, 0.3) is 12.0 Å². The van der Waals surface area contributed by atoms with E-state index in [4.69, 9.17) is 0 Å². The number of nitro groups is 1. The first kappa shape index (κ1) is 12.9. The van der Waals surface area contributed by atoms with Gasteiger partial charge in [0.05, 0.1) is 23.2 Å². The van der Waals surface area contributed by atoms with Gasteiger partial charge in [-0.25, -0.2) is 13.9 Å². The monoisotopic (exact) mass is 267 g/mol. The van der Waals surface area contributed by atoms with Crippen LogP contribution in [-0.4, -0.2) is 27.3 Å². The van der Waals surface area contributed by atoms with Crippen molar-refractivity contribution in [3.05, 3.63) is 34.5 Å². The van der Waals surface area contributed by atoms with E-state index >= 15 is 0 Å². The molecule has 2 aromatic rings. The highest BCUT2D eigenvalue weighted by molar-refractivity contribution is 5.83. The number of fused-ring (bicyclic) bond motifs is 1. The van der Waals surface area contributed by atoms with Crippen molar-refractivity contribution < 1.29 is 18.8 Å². The Labute approximate surface area is 106 Å². The van der Waals surface area contributed by atoms with Gasteiger partial charge in [-0.3, -0.25) is 10.1 Å². The van der Waals surface area contributed by atoms with E-state index in [1.807, 2.05) is 0 Å². The normalized spacial score (nSPS) is 12.3. The third-order valence-electron chi connectivity index (χ3n) is 2.49. The van der Waals surface area contributed by atoms with Crippen LogP contribution in [0.5, 0.6) is 0 Å². The van der Waals surface area contributed by atoms with Gasteiger partial charge in [0, 0.05) is 17.5 Å². The number of alkyl halides is 1. The van der Waals surface area contributed by atoms with Crippen LogP contribution in [-0.2, 0) is 9.53 Å². The maximum absolute atomic E-state index is 13.9. The number of non-ortho nitro benzene ring substituents is 1. The Morgan fingerprint density at radius 2 is 2.37 bits per heavy atom. The molecule has 1 heterocycles.